The lowest BCUT2D eigenvalue weighted by Gasteiger charge is -2.12. The van der Waals surface area contributed by atoms with Crippen LogP contribution < -0.4 is 11.1 Å². The first kappa shape index (κ1) is 13.4. The summed E-state index contributed by atoms with van der Waals surface area (Å²) < 4.78 is 39.9. The number of nitrogens with one attached hydrogen (secondary N) is 1. The van der Waals surface area contributed by atoms with E-state index in [4.69, 9.17) is 18.0 Å². The van der Waals surface area contributed by atoms with Crippen LogP contribution >= 0.6 is 12.2 Å². The molecule has 2 nitrogen and oxygen atoms in total. The van der Waals surface area contributed by atoms with E-state index in [-0.39, 0.29) is 21.9 Å². The molecule has 19 heavy (non-hydrogen) atoms. The highest BCUT2D eigenvalue weighted by Crippen LogP contribution is 2.25. The molecule has 0 amide bonds. The molecular formula is C13H9F3N2S. The molecule has 2 rings (SSSR count). The first-order chi connectivity index (χ1) is 8.99. The maximum Gasteiger partial charge on any atom is 0.149 e. The van der Waals surface area contributed by atoms with Crippen LogP contribution in [0.1, 0.15) is 5.56 Å². The Morgan fingerprint density at radius 2 is 1.74 bits per heavy atom. The number of anilines is 2. The number of benzene rings is 2. The smallest absolute Gasteiger partial charge is 0.149 e. The summed E-state index contributed by atoms with van der Waals surface area (Å²) in [5.41, 5.74) is 5.64. The minimum absolute atomic E-state index is 0.00417. The molecule has 2 aromatic carbocycles. The topological polar surface area (TPSA) is 38.0 Å². The number of thiocarbonyl (C=S) groups is 1. The Balaban J connectivity index is 2.44. The molecule has 0 saturated heterocycles. The molecule has 0 fully saturated rings. The largest absolute Gasteiger partial charge is 0.389 e. The van der Waals surface area contributed by atoms with E-state index in [0.717, 1.165) is 12.1 Å². The summed E-state index contributed by atoms with van der Waals surface area (Å²) in [4.78, 5) is -0.150. The van der Waals surface area contributed by atoms with Gasteiger partial charge in [-0.1, -0.05) is 18.3 Å². The predicted molar refractivity (Wildman–Crippen MR) is 71.9 cm³/mol. The van der Waals surface area contributed by atoms with Crippen LogP contribution in [0.4, 0.5) is 24.5 Å². The van der Waals surface area contributed by atoms with Crippen LogP contribution in [0, 0.1) is 17.5 Å². The van der Waals surface area contributed by atoms with E-state index in [1.807, 2.05) is 0 Å². The van der Waals surface area contributed by atoms with Crippen LogP contribution in [0.2, 0.25) is 0 Å². The molecule has 98 valence electrons. The van der Waals surface area contributed by atoms with Crippen molar-refractivity contribution in [3.05, 3.63) is 59.4 Å². The predicted octanol–water partition coefficient (Wildman–Crippen LogP) is 3.48. The minimum atomic E-state index is -0.793. The van der Waals surface area contributed by atoms with Gasteiger partial charge in [0, 0.05) is 6.07 Å². The van der Waals surface area contributed by atoms with Crippen LogP contribution in [0.3, 0.4) is 0 Å². The number of hydrogen-bond acceptors (Lipinski definition) is 2. The summed E-state index contributed by atoms with van der Waals surface area (Å²) in [6.07, 6.45) is 0. The quantitative estimate of drug-likeness (QED) is 0.846. The zero-order valence-corrected chi connectivity index (χ0v) is 10.4. The van der Waals surface area contributed by atoms with Gasteiger partial charge in [-0.3, -0.25) is 0 Å². The molecule has 0 heterocycles. The average molecular weight is 282 g/mol. The van der Waals surface area contributed by atoms with Crippen molar-refractivity contribution in [1.29, 1.82) is 0 Å². The molecular weight excluding hydrogens is 273 g/mol. The fraction of sp³-hybridized carbons (Fsp3) is 0. The Hall–Kier alpha value is -2.08. The molecule has 2 aromatic rings. The zero-order chi connectivity index (χ0) is 14.0. The second kappa shape index (κ2) is 5.27. The second-order valence-electron chi connectivity index (χ2n) is 3.78. The minimum Gasteiger partial charge on any atom is -0.389 e. The summed E-state index contributed by atoms with van der Waals surface area (Å²) in [7, 11) is 0. The second-order valence-corrected chi connectivity index (χ2v) is 4.22. The van der Waals surface area contributed by atoms with E-state index in [2.05, 4.69) is 5.32 Å². The van der Waals surface area contributed by atoms with Crippen LogP contribution in [-0.4, -0.2) is 4.99 Å². The SMILES string of the molecule is NC(=S)c1c(F)cccc1Nc1ccc(F)cc1F. The van der Waals surface area contributed by atoms with Gasteiger partial charge < -0.3 is 11.1 Å². The Labute approximate surface area is 113 Å². The normalized spacial score (nSPS) is 10.3. The Kier molecular flexibility index (Phi) is 3.71. The highest BCUT2D eigenvalue weighted by Gasteiger charge is 2.12. The van der Waals surface area contributed by atoms with Crippen molar-refractivity contribution in [2.75, 3.05) is 5.32 Å². The number of rotatable bonds is 3. The maximum absolute atomic E-state index is 13.6. The van der Waals surface area contributed by atoms with Crippen molar-refractivity contribution in [2.45, 2.75) is 0 Å². The van der Waals surface area contributed by atoms with Gasteiger partial charge in [-0.15, -0.1) is 0 Å². The van der Waals surface area contributed by atoms with Gasteiger partial charge in [-0.25, -0.2) is 13.2 Å². The molecule has 0 radical (unpaired) electrons. The van der Waals surface area contributed by atoms with Crippen molar-refractivity contribution in [3.8, 4) is 0 Å². The maximum atomic E-state index is 13.6. The van der Waals surface area contributed by atoms with Gasteiger partial charge in [0.2, 0.25) is 0 Å². The molecule has 0 aromatic heterocycles. The van der Waals surface area contributed by atoms with E-state index < -0.39 is 17.5 Å². The summed E-state index contributed by atoms with van der Waals surface area (Å²) in [5, 5.41) is 2.64. The van der Waals surface area contributed by atoms with E-state index in [0.29, 0.717) is 0 Å². The molecule has 0 spiro atoms. The number of nitrogens with two attached hydrogens (primary N) is 1. The first-order valence-corrected chi connectivity index (χ1v) is 5.70. The fourth-order valence-electron chi connectivity index (χ4n) is 1.61. The molecule has 0 atom stereocenters. The zero-order valence-electron chi connectivity index (χ0n) is 9.58. The van der Waals surface area contributed by atoms with Crippen molar-refractivity contribution < 1.29 is 13.2 Å². The lowest BCUT2D eigenvalue weighted by atomic mass is 10.1. The van der Waals surface area contributed by atoms with Gasteiger partial charge in [-0.2, -0.15) is 0 Å². The lowest BCUT2D eigenvalue weighted by molar-refractivity contribution is 0.586. The Bertz CT molecular complexity index is 644. The van der Waals surface area contributed by atoms with Crippen molar-refractivity contribution in [3.63, 3.8) is 0 Å². The molecule has 0 bridgehead atoms. The fourth-order valence-corrected chi connectivity index (χ4v) is 1.82. The molecule has 0 aliphatic carbocycles. The summed E-state index contributed by atoms with van der Waals surface area (Å²) >= 11 is 4.75. The summed E-state index contributed by atoms with van der Waals surface area (Å²) in [6, 6.07) is 7.15. The van der Waals surface area contributed by atoms with E-state index in [1.165, 1.54) is 24.3 Å². The third kappa shape index (κ3) is 2.85. The van der Waals surface area contributed by atoms with Crippen LogP contribution in [0.5, 0.6) is 0 Å². The van der Waals surface area contributed by atoms with Crippen LogP contribution in [-0.2, 0) is 0 Å². The van der Waals surface area contributed by atoms with Crippen LogP contribution in [0.25, 0.3) is 0 Å². The molecule has 6 heteroatoms. The average Bonchev–Trinajstić information content (AvgIpc) is 2.32. The van der Waals surface area contributed by atoms with Crippen LogP contribution in [0.15, 0.2) is 36.4 Å². The third-order valence-corrected chi connectivity index (χ3v) is 2.66. The highest BCUT2D eigenvalue weighted by molar-refractivity contribution is 7.80. The van der Waals surface area contributed by atoms with Crippen molar-refractivity contribution in [2.24, 2.45) is 5.73 Å². The van der Waals surface area contributed by atoms with E-state index >= 15 is 0 Å². The van der Waals surface area contributed by atoms with E-state index in [9.17, 15) is 13.2 Å². The molecule has 0 aliphatic heterocycles. The molecule has 3 N–H and O–H groups in total. The Morgan fingerprint density at radius 3 is 2.37 bits per heavy atom. The van der Waals surface area contributed by atoms with Gasteiger partial charge in [-0.05, 0) is 24.3 Å². The Morgan fingerprint density at radius 1 is 1.00 bits per heavy atom. The highest BCUT2D eigenvalue weighted by atomic mass is 32.1. The first-order valence-electron chi connectivity index (χ1n) is 5.29. The van der Waals surface area contributed by atoms with Gasteiger partial charge >= 0.3 is 0 Å². The monoisotopic (exact) mass is 282 g/mol. The van der Waals surface area contributed by atoms with E-state index in [1.54, 1.807) is 0 Å². The third-order valence-electron chi connectivity index (χ3n) is 2.46. The van der Waals surface area contributed by atoms with Crippen molar-refractivity contribution >= 4 is 28.6 Å². The van der Waals surface area contributed by atoms with Gasteiger partial charge in [0.1, 0.15) is 22.4 Å². The van der Waals surface area contributed by atoms with Gasteiger partial charge in [0.05, 0.1) is 16.9 Å². The number of halogens is 3. The molecule has 0 unspecified atom stereocenters. The standard InChI is InChI=1S/C13H9F3N2S/c14-7-4-5-10(9(16)6-7)18-11-3-1-2-8(15)12(11)13(17)19/h1-6,18H,(H2,17,19). The molecule has 0 aliphatic rings. The lowest BCUT2D eigenvalue weighted by Crippen LogP contribution is -2.14. The van der Waals surface area contributed by atoms with Crippen molar-refractivity contribution in [1.82, 2.24) is 0 Å². The summed E-state index contributed by atoms with van der Waals surface area (Å²) in [6.45, 7) is 0. The molecule has 0 saturated carbocycles. The van der Waals surface area contributed by atoms with Gasteiger partial charge in [0.15, 0.2) is 0 Å². The number of hydrogen-bond donors (Lipinski definition) is 2. The summed E-state index contributed by atoms with van der Waals surface area (Å²) in [5.74, 6) is -2.10. The van der Waals surface area contributed by atoms with Gasteiger partial charge in [0.25, 0.3) is 0 Å².